The van der Waals surface area contributed by atoms with Gasteiger partial charge in [0, 0.05) is 7.11 Å². The van der Waals surface area contributed by atoms with Crippen LogP contribution in [0.5, 0.6) is 5.75 Å². The van der Waals surface area contributed by atoms with Crippen molar-refractivity contribution in [1.29, 1.82) is 0 Å². The van der Waals surface area contributed by atoms with E-state index < -0.39 is 23.3 Å². The highest BCUT2D eigenvalue weighted by atomic mass is 16.6. The fourth-order valence-electron chi connectivity index (χ4n) is 5.54. The van der Waals surface area contributed by atoms with Crippen molar-refractivity contribution in [3.05, 3.63) is 77.4 Å². The van der Waals surface area contributed by atoms with Crippen molar-refractivity contribution in [2.45, 2.75) is 90.6 Å². The molecular formula is C37H52O7. The number of hydrogen-bond donors (Lipinski definition) is 1. The number of methoxy groups -OCH3 is 1. The molecule has 1 atom stereocenters. The van der Waals surface area contributed by atoms with Gasteiger partial charge in [0.25, 0.3) is 0 Å². The number of carbonyl (C=O) groups excluding carboxylic acids is 2. The van der Waals surface area contributed by atoms with Crippen molar-refractivity contribution in [3.63, 3.8) is 0 Å². The van der Waals surface area contributed by atoms with Gasteiger partial charge in [0.15, 0.2) is 0 Å². The standard InChI is InChI=1S/C37H52O7/c1-6-7-8-9-28-10-14-30(15-11-28)31-18-20-34(21-19-31)42-23-29-12-16-32(17-13-29)33(24-43-35(39)27(2)22-41-5)25-44-36(40)37(3,4)26-38/h12-13,16-21,28,30,33,38H,2,6-11,14-15,22-26H2,1,3-5H3. The second-order valence-electron chi connectivity index (χ2n) is 12.8. The summed E-state index contributed by atoms with van der Waals surface area (Å²) in [7, 11) is 1.48. The van der Waals surface area contributed by atoms with Crippen LogP contribution in [0.3, 0.4) is 0 Å². The van der Waals surface area contributed by atoms with Gasteiger partial charge in [-0.05, 0) is 80.2 Å². The van der Waals surface area contributed by atoms with Gasteiger partial charge in [0.1, 0.15) is 25.6 Å². The van der Waals surface area contributed by atoms with E-state index in [2.05, 4.69) is 37.8 Å². The molecule has 1 saturated carbocycles. The molecule has 0 heterocycles. The van der Waals surface area contributed by atoms with Crippen molar-refractivity contribution in [2.75, 3.05) is 33.5 Å². The lowest BCUT2D eigenvalue weighted by Crippen LogP contribution is -2.32. The molecule has 7 heteroatoms. The third-order valence-electron chi connectivity index (χ3n) is 8.66. The smallest absolute Gasteiger partial charge is 0.335 e. The zero-order valence-electron chi connectivity index (χ0n) is 27.1. The fraction of sp³-hybridized carbons (Fsp3) is 0.568. The monoisotopic (exact) mass is 608 g/mol. The fourth-order valence-corrected chi connectivity index (χ4v) is 5.54. The number of esters is 2. The molecule has 0 aliphatic heterocycles. The molecule has 0 saturated heterocycles. The summed E-state index contributed by atoms with van der Waals surface area (Å²) in [5.74, 6) is 0.910. The van der Waals surface area contributed by atoms with Gasteiger partial charge < -0.3 is 24.1 Å². The molecule has 3 rings (SSSR count). The first-order valence-corrected chi connectivity index (χ1v) is 16.1. The lowest BCUT2D eigenvalue weighted by molar-refractivity contribution is -0.157. The normalized spacial score (nSPS) is 17.5. The molecule has 1 unspecified atom stereocenters. The zero-order valence-corrected chi connectivity index (χ0v) is 27.1. The van der Waals surface area contributed by atoms with E-state index in [0.717, 1.165) is 22.8 Å². The highest BCUT2D eigenvalue weighted by Gasteiger charge is 2.30. The molecule has 0 aromatic heterocycles. The number of hydrogen-bond acceptors (Lipinski definition) is 7. The van der Waals surface area contributed by atoms with Crippen LogP contribution >= 0.6 is 0 Å². The maximum absolute atomic E-state index is 12.5. The van der Waals surface area contributed by atoms with E-state index >= 15 is 0 Å². The van der Waals surface area contributed by atoms with Crippen LogP contribution in [0, 0.1) is 11.3 Å². The SMILES string of the molecule is C=C(COC)C(=O)OCC(COC(=O)C(C)(C)CO)c1ccc(COc2ccc(C3CCC(CCCCC)CC3)cc2)cc1. The number of aliphatic hydroxyl groups is 1. The van der Waals surface area contributed by atoms with Crippen LogP contribution in [0.2, 0.25) is 0 Å². The van der Waals surface area contributed by atoms with Crippen LogP contribution < -0.4 is 4.74 Å². The first kappa shape index (κ1) is 35.3. The van der Waals surface area contributed by atoms with Crippen molar-refractivity contribution in [1.82, 2.24) is 0 Å². The van der Waals surface area contributed by atoms with Crippen LogP contribution in [-0.4, -0.2) is 50.6 Å². The Labute approximate surface area is 263 Å². The molecule has 242 valence electrons. The predicted molar refractivity (Wildman–Crippen MR) is 173 cm³/mol. The van der Waals surface area contributed by atoms with Gasteiger partial charge in [0.05, 0.1) is 30.1 Å². The molecule has 1 fully saturated rings. The van der Waals surface area contributed by atoms with Crippen molar-refractivity contribution >= 4 is 11.9 Å². The van der Waals surface area contributed by atoms with Gasteiger partial charge in [-0.2, -0.15) is 0 Å². The van der Waals surface area contributed by atoms with E-state index in [1.165, 1.54) is 64.0 Å². The Kier molecular flexibility index (Phi) is 14.4. The Morgan fingerprint density at radius 2 is 1.61 bits per heavy atom. The number of unbranched alkanes of at least 4 members (excludes halogenated alkanes) is 2. The summed E-state index contributed by atoms with van der Waals surface area (Å²) in [5.41, 5.74) is 2.42. The molecule has 1 aliphatic rings. The van der Waals surface area contributed by atoms with Gasteiger partial charge in [0.2, 0.25) is 0 Å². The maximum Gasteiger partial charge on any atom is 0.335 e. The highest BCUT2D eigenvalue weighted by molar-refractivity contribution is 5.88. The summed E-state index contributed by atoms with van der Waals surface area (Å²) in [6.07, 6.45) is 10.7. The van der Waals surface area contributed by atoms with Crippen LogP contribution in [0.15, 0.2) is 60.7 Å². The topological polar surface area (TPSA) is 91.3 Å². The average molecular weight is 609 g/mol. The Morgan fingerprint density at radius 1 is 0.955 bits per heavy atom. The Balaban J connectivity index is 1.54. The van der Waals surface area contributed by atoms with Crippen LogP contribution in [-0.2, 0) is 30.4 Å². The largest absolute Gasteiger partial charge is 0.489 e. The van der Waals surface area contributed by atoms with E-state index in [0.29, 0.717) is 12.5 Å². The van der Waals surface area contributed by atoms with Gasteiger partial charge in [-0.1, -0.05) is 75.6 Å². The van der Waals surface area contributed by atoms with E-state index in [1.54, 1.807) is 13.8 Å². The van der Waals surface area contributed by atoms with Crippen LogP contribution in [0.25, 0.3) is 0 Å². The minimum Gasteiger partial charge on any atom is -0.489 e. The highest BCUT2D eigenvalue weighted by Crippen LogP contribution is 2.38. The van der Waals surface area contributed by atoms with Gasteiger partial charge in [-0.3, -0.25) is 4.79 Å². The van der Waals surface area contributed by atoms with Crippen molar-refractivity contribution in [2.24, 2.45) is 11.3 Å². The molecule has 2 aromatic carbocycles. The molecule has 7 nitrogen and oxygen atoms in total. The summed E-state index contributed by atoms with van der Waals surface area (Å²) < 4.78 is 22.0. The lowest BCUT2D eigenvalue weighted by Gasteiger charge is -2.29. The minimum absolute atomic E-state index is 0.00287. The quantitative estimate of drug-likeness (QED) is 0.106. The Morgan fingerprint density at radius 3 is 2.23 bits per heavy atom. The summed E-state index contributed by atoms with van der Waals surface area (Å²) >= 11 is 0. The van der Waals surface area contributed by atoms with E-state index in [1.807, 2.05) is 24.3 Å². The van der Waals surface area contributed by atoms with E-state index in [9.17, 15) is 14.7 Å². The molecule has 0 bridgehead atoms. The predicted octanol–water partition coefficient (Wildman–Crippen LogP) is 7.51. The molecule has 44 heavy (non-hydrogen) atoms. The van der Waals surface area contributed by atoms with Crippen LogP contribution in [0.1, 0.15) is 101 Å². The summed E-state index contributed by atoms with van der Waals surface area (Å²) in [5, 5.41) is 9.51. The van der Waals surface area contributed by atoms with Crippen molar-refractivity contribution in [3.8, 4) is 5.75 Å². The third kappa shape index (κ3) is 11.1. The molecule has 0 radical (unpaired) electrons. The first-order chi connectivity index (χ1) is 21.2. The van der Waals surface area contributed by atoms with Gasteiger partial charge in [-0.25, -0.2) is 4.79 Å². The Hall–Kier alpha value is -3.16. The summed E-state index contributed by atoms with van der Waals surface area (Å²) in [4.78, 5) is 24.8. The molecule has 0 amide bonds. The molecular weight excluding hydrogens is 556 g/mol. The molecule has 2 aromatic rings. The number of carbonyl (C=O) groups is 2. The number of aliphatic hydroxyl groups excluding tert-OH is 1. The van der Waals surface area contributed by atoms with E-state index in [-0.39, 0.29) is 32.0 Å². The number of ether oxygens (including phenoxy) is 4. The lowest BCUT2D eigenvalue weighted by atomic mass is 9.77. The Bertz CT molecular complexity index is 1160. The number of benzene rings is 2. The van der Waals surface area contributed by atoms with Gasteiger partial charge in [-0.15, -0.1) is 0 Å². The first-order valence-electron chi connectivity index (χ1n) is 16.1. The molecule has 1 N–H and O–H groups in total. The summed E-state index contributed by atoms with van der Waals surface area (Å²) in [6, 6.07) is 16.3. The minimum atomic E-state index is -1.03. The van der Waals surface area contributed by atoms with Crippen molar-refractivity contribution < 1.29 is 33.6 Å². The van der Waals surface area contributed by atoms with E-state index in [4.69, 9.17) is 18.9 Å². The average Bonchev–Trinajstić information content (AvgIpc) is 3.04. The molecule has 0 spiro atoms. The zero-order chi connectivity index (χ0) is 32.0. The van der Waals surface area contributed by atoms with Crippen LogP contribution in [0.4, 0.5) is 0 Å². The maximum atomic E-state index is 12.5. The van der Waals surface area contributed by atoms with Gasteiger partial charge >= 0.3 is 11.9 Å². The number of rotatable bonds is 18. The second-order valence-corrected chi connectivity index (χ2v) is 12.8. The molecule has 1 aliphatic carbocycles. The second kappa shape index (κ2) is 18.0. The summed E-state index contributed by atoms with van der Waals surface area (Å²) in [6.45, 7) is 9.33. The third-order valence-corrected chi connectivity index (χ3v) is 8.66.